The van der Waals surface area contributed by atoms with Crippen LogP contribution in [-0.4, -0.2) is 47.8 Å². The highest BCUT2D eigenvalue weighted by Gasteiger charge is 2.46. The summed E-state index contributed by atoms with van der Waals surface area (Å²) < 4.78 is 4.57. The SMILES string of the molecule is CCCCCC(O)CC[C@H]1[C@@H]2C/C(=N/OCCC(=O)OC)C[C@@H]2C[C@@H]1O. The van der Waals surface area contributed by atoms with Crippen LogP contribution in [0.1, 0.15) is 71.1 Å². The van der Waals surface area contributed by atoms with Gasteiger partial charge in [-0.2, -0.15) is 0 Å². The zero-order valence-electron chi connectivity index (χ0n) is 16.2. The molecule has 0 aromatic heterocycles. The van der Waals surface area contributed by atoms with Gasteiger partial charge in [0, 0.05) is 0 Å². The predicted octanol–water partition coefficient (Wildman–Crippen LogP) is 3.05. The minimum atomic E-state index is -0.297. The Hall–Kier alpha value is -1.14. The van der Waals surface area contributed by atoms with E-state index in [2.05, 4.69) is 16.8 Å². The van der Waals surface area contributed by atoms with Crippen LogP contribution in [-0.2, 0) is 14.4 Å². The summed E-state index contributed by atoms with van der Waals surface area (Å²) in [6, 6.07) is 0. The van der Waals surface area contributed by atoms with E-state index in [1.54, 1.807) is 0 Å². The molecule has 6 heteroatoms. The number of carbonyl (C=O) groups excluding carboxylic acids is 1. The third kappa shape index (κ3) is 6.23. The highest BCUT2D eigenvalue weighted by molar-refractivity contribution is 5.86. The molecule has 0 spiro atoms. The van der Waals surface area contributed by atoms with Crippen molar-refractivity contribution < 1.29 is 24.6 Å². The first-order chi connectivity index (χ1) is 12.5. The van der Waals surface area contributed by atoms with Gasteiger partial charge in [0.2, 0.25) is 0 Å². The minimum Gasteiger partial charge on any atom is -0.469 e. The summed E-state index contributed by atoms with van der Waals surface area (Å²) >= 11 is 0. The van der Waals surface area contributed by atoms with Crippen LogP contribution in [0.15, 0.2) is 5.16 Å². The second-order valence-electron chi connectivity index (χ2n) is 7.84. The molecule has 5 atom stereocenters. The second-order valence-corrected chi connectivity index (χ2v) is 7.84. The Bertz CT molecular complexity index is 467. The Balaban J connectivity index is 1.74. The maximum Gasteiger partial charge on any atom is 0.309 e. The van der Waals surface area contributed by atoms with Crippen LogP contribution in [0, 0.1) is 17.8 Å². The number of aliphatic hydroxyl groups is 2. The number of nitrogens with zero attached hydrogens (tertiary/aromatic N) is 1. The Morgan fingerprint density at radius 1 is 1.31 bits per heavy atom. The maximum atomic E-state index is 11.1. The van der Waals surface area contributed by atoms with Gasteiger partial charge in [0.1, 0.15) is 6.61 Å². The van der Waals surface area contributed by atoms with Gasteiger partial charge >= 0.3 is 5.97 Å². The molecule has 150 valence electrons. The number of fused-ring (bicyclic) bond motifs is 1. The molecule has 0 radical (unpaired) electrons. The fraction of sp³-hybridized carbons (Fsp3) is 0.900. The van der Waals surface area contributed by atoms with E-state index in [9.17, 15) is 15.0 Å². The first kappa shape index (κ1) is 21.2. The summed E-state index contributed by atoms with van der Waals surface area (Å²) in [5.74, 6) is 0.865. The molecule has 0 bridgehead atoms. The van der Waals surface area contributed by atoms with Crippen LogP contribution < -0.4 is 0 Å². The van der Waals surface area contributed by atoms with E-state index in [1.165, 1.54) is 20.0 Å². The van der Waals surface area contributed by atoms with Crippen molar-refractivity contribution in [1.82, 2.24) is 0 Å². The number of esters is 1. The van der Waals surface area contributed by atoms with Gasteiger partial charge in [0.15, 0.2) is 0 Å². The molecule has 2 saturated carbocycles. The van der Waals surface area contributed by atoms with Crippen molar-refractivity contribution >= 4 is 11.7 Å². The normalized spacial score (nSPS) is 30.4. The molecular weight excluding hydrogens is 334 g/mol. The van der Waals surface area contributed by atoms with Gasteiger partial charge in [0.25, 0.3) is 0 Å². The highest BCUT2D eigenvalue weighted by Crippen LogP contribution is 2.48. The molecule has 0 heterocycles. The fourth-order valence-electron chi connectivity index (χ4n) is 4.51. The van der Waals surface area contributed by atoms with E-state index in [1.807, 2.05) is 0 Å². The van der Waals surface area contributed by atoms with Crippen molar-refractivity contribution in [2.24, 2.45) is 22.9 Å². The maximum absolute atomic E-state index is 11.1. The molecule has 2 aliphatic rings. The smallest absolute Gasteiger partial charge is 0.309 e. The average molecular weight is 370 g/mol. The van der Waals surface area contributed by atoms with Gasteiger partial charge in [-0.1, -0.05) is 31.3 Å². The molecule has 0 aromatic rings. The van der Waals surface area contributed by atoms with Crippen LogP contribution in [0.25, 0.3) is 0 Å². The van der Waals surface area contributed by atoms with Gasteiger partial charge in [-0.25, -0.2) is 0 Å². The molecule has 1 unspecified atom stereocenters. The predicted molar refractivity (Wildman–Crippen MR) is 99.7 cm³/mol. The number of rotatable bonds is 11. The molecule has 2 aliphatic carbocycles. The Labute approximate surface area is 156 Å². The van der Waals surface area contributed by atoms with Crippen molar-refractivity contribution in [2.45, 2.75) is 83.3 Å². The molecule has 0 saturated heterocycles. The summed E-state index contributed by atoms with van der Waals surface area (Å²) in [5.41, 5.74) is 1.03. The van der Waals surface area contributed by atoms with Crippen molar-refractivity contribution in [3.63, 3.8) is 0 Å². The number of oxime groups is 1. The van der Waals surface area contributed by atoms with Crippen LogP contribution in [0.5, 0.6) is 0 Å². The monoisotopic (exact) mass is 369 g/mol. The summed E-state index contributed by atoms with van der Waals surface area (Å²) in [5, 5.41) is 24.8. The molecule has 2 fully saturated rings. The van der Waals surface area contributed by atoms with Crippen molar-refractivity contribution in [3.8, 4) is 0 Å². The van der Waals surface area contributed by atoms with Crippen molar-refractivity contribution in [1.29, 1.82) is 0 Å². The lowest BCUT2D eigenvalue weighted by Gasteiger charge is -2.22. The van der Waals surface area contributed by atoms with Crippen LogP contribution in [0.2, 0.25) is 0 Å². The zero-order chi connectivity index (χ0) is 18.9. The van der Waals surface area contributed by atoms with E-state index in [-0.39, 0.29) is 37.1 Å². The standard InChI is InChI=1S/C20H35NO5/c1-3-4-5-6-16(22)7-8-17-18-13-15(11-14(18)12-19(17)23)21-26-10-9-20(24)25-2/h14,16-19,22-23H,3-13H2,1-2H3/b21-15+/t14-,16?,17+,18-,19+/m1/s1. The third-order valence-corrected chi connectivity index (χ3v) is 5.96. The molecule has 26 heavy (non-hydrogen) atoms. The fourth-order valence-corrected chi connectivity index (χ4v) is 4.51. The van der Waals surface area contributed by atoms with Crippen LogP contribution >= 0.6 is 0 Å². The molecule has 0 amide bonds. The number of ether oxygens (including phenoxy) is 1. The number of methoxy groups -OCH3 is 1. The largest absolute Gasteiger partial charge is 0.469 e. The molecule has 6 nitrogen and oxygen atoms in total. The van der Waals surface area contributed by atoms with Gasteiger partial charge in [-0.05, 0) is 56.3 Å². The van der Waals surface area contributed by atoms with Gasteiger partial charge in [-0.15, -0.1) is 0 Å². The van der Waals surface area contributed by atoms with Crippen LogP contribution in [0.4, 0.5) is 0 Å². The molecular formula is C20H35NO5. The molecule has 2 N–H and O–H groups in total. The van der Waals surface area contributed by atoms with E-state index in [4.69, 9.17) is 4.84 Å². The van der Waals surface area contributed by atoms with Crippen molar-refractivity contribution in [3.05, 3.63) is 0 Å². The Morgan fingerprint density at radius 2 is 2.12 bits per heavy atom. The zero-order valence-corrected chi connectivity index (χ0v) is 16.2. The summed E-state index contributed by atoms with van der Waals surface area (Å²) in [6.07, 6.45) is 8.20. The molecule has 0 aromatic carbocycles. The highest BCUT2D eigenvalue weighted by atomic mass is 16.6. The van der Waals surface area contributed by atoms with Gasteiger partial charge in [-0.3, -0.25) is 4.79 Å². The lowest BCUT2D eigenvalue weighted by atomic mass is 9.86. The average Bonchev–Trinajstić information content (AvgIpc) is 3.13. The summed E-state index contributed by atoms with van der Waals surface area (Å²) in [6.45, 7) is 2.40. The first-order valence-corrected chi connectivity index (χ1v) is 10.2. The lowest BCUT2D eigenvalue weighted by molar-refractivity contribution is -0.141. The summed E-state index contributed by atoms with van der Waals surface area (Å²) in [4.78, 5) is 16.3. The van der Waals surface area contributed by atoms with E-state index in [0.717, 1.165) is 50.7 Å². The molecule has 0 aliphatic heterocycles. The van der Waals surface area contributed by atoms with E-state index in [0.29, 0.717) is 11.8 Å². The number of carbonyl (C=O) groups is 1. The Morgan fingerprint density at radius 3 is 2.85 bits per heavy atom. The third-order valence-electron chi connectivity index (χ3n) is 5.96. The topological polar surface area (TPSA) is 88.4 Å². The second kappa shape index (κ2) is 10.9. The number of aliphatic hydroxyl groups excluding tert-OH is 2. The summed E-state index contributed by atoms with van der Waals surface area (Å²) in [7, 11) is 1.36. The van der Waals surface area contributed by atoms with E-state index >= 15 is 0 Å². The number of unbranched alkanes of at least 4 members (excludes halogenated alkanes) is 2. The van der Waals surface area contributed by atoms with Crippen LogP contribution in [0.3, 0.4) is 0 Å². The van der Waals surface area contributed by atoms with Gasteiger partial charge < -0.3 is 19.8 Å². The first-order valence-electron chi connectivity index (χ1n) is 10.2. The van der Waals surface area contributed by atoms with Crippen molar-refractivity contribution in [2.75, 3.05) is 13.7 Å². The minimum absolute atomic E-state index is 0.206. The van der Waals surface area contributed by atoms with Gasteiger partial charge in [0.05, 0.1) is 31.5 Å². The van der Waals surface area contributed by atoms with E-state index < -0.39 is 0 Å². The quantitative estimate of drug-likeness (QED) is 0.332. The molecule has 2 rings (SSSR count). The number of hydrogen-bond acceptors (Lipinski definition) is 6. The Kier molecular flexibility index (Phi) is 8.85. The number of hydrogen-bond donors (Lipinski definition) is 2. The lowest BCUT2D eigenvalue weighted by Crippen LogP contribution is -2.22.